The van der Waals surface area contributed by atoms with E-state index in [9.17, 15) is 0 Å². The van der Waals surface area contributed by atoms with Crippen molar-refractivity contribution in [1.29, 1.82) is 0 Å². The van der Waals surface area contributed by atoms with Crippen molar-refractivity contribution in [3.63, 3.8) is 0 Å². The molecule has 3 aromatic heterocycles. The molecular formula is C21H25N5S. The summed E-state index contributed by atoms with van der Waals surface area (Å²) in [6.07, 6.45) is 7.89. The zero-order chi connectivity index (χ0) is 18.4. The largest absolute Gasteiger partial charge is 0.355 e. The van der Waals surface area contributed by atoms with Gasteiger partial charge in [-0.3, -0.25) is 9.88 Å². The second-order valence-corrected chi connectivity index (χ2v) is 9.14. The summed E-state index contributed by atoms with van der Waals surface area (Å²) in [5.74, 6) is 1.13. The van der Waals surface area contributed by atoms with Crippen LogP contribution < -0.4 is 4.90 Å². The smallest absolute Gasteiger partial charge is 0.140 e. The average Bonchev–Trinajstić information content (AvgIpc) is 3.31. The Kier molecular flexibility index (Phi) is 4.13. The second kappa shape index (κ2) is 6.53. The maximum absolute atomic E-state index is 4.66. The Balaban J connectivity index is 1.31. The molecule has 2 aliphatic heterocycles. The maximum atomic E-state index is 4.66. The number of anilines is 1. The molecule has 27 heavy (non-hydrogen) atoms. The molecule has 0 saturated carbocycles. The highest BCUT2D eigenvalue weighted by Crippen LogP contribution is 2.45. The molecule has 140 valence electrons. The molecule has 2 fully saturated rings. The summed E-state index contributed by atoms with van der Waals surface area (Å²) in [7, 11) is 0. The summed E-state index contributed by atoms with van der Waals surface area (Å²) in [5, 5.41) is 1.23. The molecule has 6 heteroatoms. The molecule has 5 nitrogen and oxygen atoms in total. The lowest BCUT2D eigenvalue weighted by molar-refractivity contribution is -0.0121. The maximum Gasteiger partial charge on any atom is 0.140 e. The molecular weight excluding hydrogens is 354 g/mol. The van der Waals surface area contributed by atoms with Gasteiger partial charge in [0.1, 0.15) is 17.0 Å². The minimum atomic E-state index is 0.414. The van der Waals surface area contributed by atoms with E-state index in [4.69, 9.17) is 0 Å². The van der Waals surface area contributed by atoms with E-state index < -0.39 is 0 Å². The topological polar surface area (TPSA) is 45.2 Å². The molecule has 0 bridgehead atoms. The Bertz CT molecular complexity index is 948. The summed E-state index contributed by atoms with van der Waals surface area (Å²) in [4.78, 5) is 21.0. The van der Waals surface area contributed by atoms with Crippen LogP contribution in [0.25, 0.3) is 10.2 Å². The molecule has 5 heterocycles. The third-order valence-corrected chi connectivity index (χ3v) is 7.42. The Labute approximate surface area is 164 Å². The highest BCUT2D eigenvalue weighted by Gasteiger charge is 2.49. The first-order valence-corrected chi connectivity index (χ1v) is 10.6. The van der Waals surface area contributed by atoms with Crippen molar-refractivity contribution >= 4 is 27.4 Å². The molecule has 2 saturated heterocycles. The van der Waals surface area contributed by atoms with Crippen molar-refractivity contribution in [3.05, 3.63) is 47.4 Å². The molecule has 0 N–H and O–H groups in total. The van der Waals surface area contributed by atoms with Gasteiger partial charge in [0.15, 0.2) is 0 Å². The SMILES string of the molecule is CCc1cc2c(N3CCC4(C3)CN(C(C)c3cccnc3)C4)ncnc2s1. The molecule has 1 atom stereocenters. The van der Waals surface area contributed by atoms with Gasteiger partial charge in [-0.15, -0.1) is 11.3 Å². The van der Waals surface area contributed by atoms with Crippen LogP contribution in [-0.4, -0.2) is 46.0 Å². The molecule has 1 unspecified atom stereocenters. The Morgan fingerprint density at radius 1 is 1.26 bits per heavy atom. The summed E-state index contributed by atoms with van der Waals surface area (Å²) < 4.78 is 0. The van der Waals surface area contributed by atoms with E-state index >= 15 is 0 Å². The second-order valence-electron chi connectivity index (χ2n) is 8.02. The van der Waals surface area contributed by atoms with Crippen molar-refractivity contribution in [2.75, 3.05) is 31.1 Å². The number of thiophene rings is 1. The van der Waals surface area contributed by atoms with Crippen molar-refractivity contribution < 1.29 is 0 Å². The van der Waals surface area contributed by atoms with Crippen LogP contribution in [0, 0.1) is 5.41 Å². The van der Waals surface area contributed by atoms with E-state index in [0.29, 0.717) is 11.5 Å². The van der Waals surface area contributed by atoms with Crippen LogP contribution in [0.15, 0.2) is 36.9 Å². The average molecular weight is 380 g/mol. The van der Waals surface area contributed by atoms with Crippen LogP contribution in [-0.2, 0) is 6.42 Å². The van der Waals surface area contributed by atoms with Gasteiger partial charge in [0.25, 0.3) is 0 Å². The lowest BCUT2D eigenvalue weighted by atomic mass is 9.77. The van der Waals surface area contributed by atoms with Crippen LogP contribution >= 0.6 is 11.3 Å². The normalized spacial score (nSPS) is 20.3. The van der Waals surface area contributed by atoms with Crippen molar-refractivity contribution in [1.82, 2.24) is 19.9 Å². The lowest BCUT2D eigenvalue weighted by Gasteiger charge is -2.51. The van der Waals surface area contributed by atoms with E-state index in [0.717, 1.165) is 43.2 Å². The van der Waals surface area contributed by atoms with Gasteiger partial charge < -0.3 is 4.90 Å². The Hall–Kier alpha value is -2.05. The molecule has 0 amide bonds. The third-order valence-electron chi connectivity index (χ3n) is 6.24. The summed E-state index contributed by atoms with van der Waals surface area (Å²) in [6.45, 7) is 9.03. The first kappa shape index (κ1) is 17.1. The summed E-state index contributed by atoms with van der Waals surface area (Å²) in [6, 6.07) is 6.94. The summed E-state index contributed by atoms with van der Waals surface area (Å²) >= 11 is 1.80. The van der Waals surface area contributed by atoms with E-state index in [-0.39, 0.29) is 0 Å². The van der Waals surface area contributed by atoms with Gasteiger partial charge in [0.2, 0.25) is 0 Å². The van der Waals surface area contributed by atoms with Crippen molar-refractivity contribution in [2.45, 2.75) is 32.7 Å². The Morgan fingerprint density at radius 3 is 2.93 bits per heavy atom. The fourth-order valence-corrected chi connectivity index (χ4v) is 5.55. The van der Waals surface area contributed by atoms with Crippen LogP contribution in [0.2, 0.25) is 0 Å². The standard InChI is InChI=1S/C21H25N5S/c1-3-17-9-18-19(23-14-24-20(18)27-17)25-8-6-21(11-25)12-26(13-21)15(2)16-5-4-7-22-10-16/h4-5,7,9-10,14-15H,3,6,8,11-13H2,1-2H3. The van der Waals surface area contributed by atoms with E-state index in [1.165, 1.54) is 22.2 Å². The molecule has 0 radical (unpaired) electrons. The number of hydrogen-bond donors (Lipinski definition) is 0. The molecule has 0 aromatic carbocycles. The van der Waals surface area contributed by atoms with E-state index in [1.54, 1.807) is 17.7 Å². The predicted molar refractivity (Wildman–Crippen MR) is 110 cm³/mol. The number of pyridine rings is 1. The highest BCUT2D eigenvalue weighted by molar-refractivity contribution is 7.18. The minimum absolute atomic E-state index is 0.414. The number of aryl methyl sites for hydroxylation is 1. The van der Waals surface area contributed by atoms with Gasteiger partial charge in [0, 0.05) is 54.9 Å². The lowest BCUT2D eigenvalue weighted by Crippen LogP contribution is -2.58. The third kappa shape index (κ3) is 2.91. The fraction of sp³-hybridized carbons (Fsp3) is 0.476. The van der Waals surface area contributed by atoms with Gasteiger partial charge in [-0.1, -0.05) is 13.0 Å². The fourth-order valence-electron chi connectivity index (χ4n) is 4.62. The van der Waals surface area contributed by atoms with E-state index in [1.807, 2.05) is 18.5 Å². The number of rotatable bonds is 4. The number of nitrogens with zero attached hydrogens (tertiary/aromatic N) is 5. The van der Waals surface area contributed by atoms with Crippen LogP contribution in [0.1, 0.15) is 36.8 Å². The molecule has 3 aromatic rings. The van der Waals surface area contributed by atoms with Gasteiger partial charge >= 0.3 is 0 Å². The number of likely N-dealkylation sites (tertiary alicyclic amines) is 1. The highest BCUT2D eigenvalue weighted by atomic mass is 32.1. The first-order chi connectivity index (χ1) is 13.2. The number of hydrogen-bond acceptors (Lipinski definition) is 6. The quantitative estimate of drug-likeness (QED) is 0.687. The molecule has 1 spiro atoms. The van der Waals surface area contributed by atoms with Crippen molar-refractivity contribution in [3.8, 4) is 0 Å². The zero-order valence-corrected chi connectivity index (χ0v) is 16.7. The Morgan fingerprint density at radius 2 is 2.15 bits per heavy atom. The molecule has 5 rings (SSSR count). The predicted octanol–water partition coefficient (Wildman–Crippen LogP) is 3.92. The van der Waals surface area contributed by atoms with Gasteiger partial charge in [-0.25, -0.2) is 9.97 Å². The van der Waals surface area contributed by atoms with Gasteiger partial charge in [-0.2, -0.15) is 0 Å². The molecule has 0 aliphatic carbocycles. The number of fused-ring (bicyclic) bond motifs is 1. The first-order valence-electron chi connectivity index (χ1n) is 9.80. The minimum Gasteiger partial charge on any atom is -0.355 e. The van der Waals surface area contributed by atoms with Crippen LogP contribution in [0.3, 0.4) is 0 Å². The summed E-state index contributed by atoms with van der Waals surface area (Å²) in [5.41, 5.74) is 1.72. The van der Waals surface area contributed by atoms with Crippen LogP contribution in [0.5, 0.6) is 0 Å². The zero-order valence-electron chi connectivity index (χ0n) is 15.9. The van der Waals surface area contributed by atoms with Gasteiger partial charge in [-0.05, 0) is 37.5 Å². The van der Waals surface area contributed by atoms with E-state index in [2.05, 4.69) is 50.7 Å². The monoisotopic (exact) mass is 379 g/mol. The van der Waals surface area contributed by atoms with Gasteiger partial charge in [0.05, 0.1) is 5.39 Å². The van der Waals surface area contributed by atoms with Crippen LogP contribution in [0.4, 0.5) is 5.82 Å². The number of aromatic nitrogens is 3. The molecule has 2 aliphatic rings. The van der Waals surface area contributed by atoms with Crippen molar-refractivity contribution in [2.24, 2.45) is 5.41 Å².